The Bertz CT molecular complexity index is 297. The Morgan fingerprint density at radius 3 is 2.37 bits per heavy atom. The predicted molar refractivity (Wildman–Crippen MR) is 76.9 cm³/mol. The van der Waals surface area contributed by atoms with Crippen LogP contribution in [0.5, 0.6) is 0 Å². The molecule has 1 amide bonds. The Hall–Kier alpha value is -0.650. The maximum Gasteiger partial charge on any atom is 0.236 e. The number of carbonyl (C=O) groups is 1. The summed E-state index contributed by atoms with van der Waals surface area (Å²) >= 11 is 0. The maximum atomic E-state index is 12.3. The molecular weight excluding hydrogens is 242 g/mol. The Labute approximate surface area is 117 Å². The van der Waals surface area contributed by atoms with Gasteiger partial charge in [0.25, 0.3) is 0 Å². The van der Waals surface area contributed by atoms with Crippen molar-refractivity contribution in [3.8, 4) is 0 Å². The molecule has 1 saturated heterocycles. The van der Waals surface area contributed by atoms with Crippen LogP contribution in [0.4, 0.5) is 0 Å². The molecule has 1 rings (SSSR count). The lowest BCUT2D eigenvalue weighted by Gasteiger charge is -2.37. The lowest BCUT2D eigenvalue weighted by molar-refractivity contribution is -0.144. The van der Waals surface area contributed by atoms with Crippen molar-refractivity contribution in [2.24, 2.45) is 11.1 Å². The van der Waals surface area contributed by atoms with Crippen LogP contribution in [0.2, 0.25) is 0 Å². The molecule has 19 heavy (non-hydrogen) atoms. The first-order chi connectivity index (χ1) is 8.73. The monoisotopic (exact) mass is 271 g/mol. The molecule has 0 aliphatic carbocycles. The Morgan fingerprint density at radius 1 is 1.37 bits per heavy atom. The molecule has 1 aliphatic heterocycles. The molecule has 1 fully saturated rings. The van der Waals surface area contributed by atoms with Gasteiger partial charge in [-0.25, -0.2) is 0 Å². The first-order valence-electron chi connectivity index (χ1n) is 7.05. The zero-order valence-electron chi connectivity index (χ0n) is 13.0. The molecule has 2 atom stereocenters. The summed E-state index contributed by atoms with van der Waals surface area (Å²) in [5.41, 5.74) is 5.77. The average molecular weight is 271 g/mol. The van der Waals surface area contributed by atoms with Crippen LogP contribution in [0, 0.1) is 5.41 Å². The van der Waals surface area contributed by atoms with E-state index in [2.05, 4.69) is 18.7 Å². The van der Waals surface area contributed by atoms with Gasteiger partial charge in [0.1, 0.15) is 0 Å². The molecule has 0 saturated carbocycles. The zero-order valence-corrected chi connectivity index (χ0v) is 13.0. The Kier molecular flexibility index (Phi) is 5.77. The van der Waals surface area contributed by atoms with Crippen molar-refractivity contribution in [2.75, 3.05) is 39.8 Å². The third-order valence-corrected chi connectivity index (χ3v) is 3.43. The third kappa shape index (κ3) is 5.47. The molecule has 1 aliphatic rings. The second-order valence-corrected chi connectivity index (χ2v) is 6.60. The zero-order chi connectivity index (χ0) is 14.6. The first kappa shape index (κ1) is 16.4. The van der Waals surface area contributed by atoms with Gasteiger partial charge < -0.3 is 15.4 Å². The van der Waals surface area contributed by atoms with E-state index < -0.39 is 0 Å². The highest BCUT2D eigenvalue weighted by Crippen LogP contribution is 2.15. The van der Waals surface area contributed by atoms with Crippen LogP contribution in [0.15, 0.2) is 0 Å². The highest BCUT2D eigenvalue weighted by atomic mass is 16.5. The molecule has 0 aromatic heterocycles. The van der Waals surface area contributed by atoms with Gasteiger partial charge in [-0.15, -0.1) is 0 Å². The smallest absolute Gasteiger partial charge is 0.236 e. The molecule has 0 spiro atoms. The van der Waals surface area contributed by atoms with Crippen molar-refractivity contribution < 1.29 is 9.53 Å². The largest absolute Gasteiger partial charge is 0.372 e. The molecular formula is C14H29N3O2. The minimum atomic E-state index is 0.0423. The van der Waals surface area contributed by atoms with E-state index in [1.54, 1.807) is 0 Å². The molecule has 5 nitrogen and oxygen atoms in total. The molecule has 2 unspecified atom stereocenters. The second kappa shape index (κ2) is 6.68. The number of carbonyl (C=O) groups excluding carboxylic acids is 1. The van der Waals surface area contributed by atoms with E-state index >= 15 is 0 Å². The van der Waals surface area contributed by atoms with Crippen molar-refractivity contribution in [1.82, 2.24) is 9.80 Å². The normalized spacial score (nSPS) is 24.9. The summed E-state index contributed by atoms with van der Waals surface area (Å²) in [6, 6.07) is 0. The van der Waals surface area contributed by atoms with E-state index in [9.17, 15) is 4.79 Å². The van der Waals surface area contributed by atoms with Crippen LogP contribution in [-0.2, 0) is 9.53 Å². The highest BCUT2D eigenvalue weighted by Gasteiger charge is 2.27. The van der Waals surface area contributed by atoms with E-state index in [1.165, 1.54) is 0 Å². The number of rotatable bonds is 5. The number of ether oxygens (including phenoxy) is 1. The molecule has 0 radical (unpaired) electrons. The molecule has 2 N–H and O–H groups in total. The summed E-state index contributed by atoms with van der Waals surface area (Å²) in [5, 5.41) is 0. The van der Waals surface area contributed by atoms with Gasteiger partial charge in [-0.1, -0.05) is 13.8 Å². The number of nitrogens with zero attached hydrogens (tertiary/aromatic N) is 2. The Balaban J connectivity index is 2.45. The fourth-order valence-electron chi connectivity index (χ4n) is 2.56. The van der Waals surface area contributed by atoms with Gasteiger partial charge in [-0.05, 0) is 32.9 Å². The van der Waals surface area contributed by atoms with Gasteiger partial charge in [0, 0.05) is 19.6 Å². The van der Waals surface area contributed by atoms with Crippen molar-refractivity contribution in [3.05, 3.63) is 0 Å². The topological polar surface area (TPSA) is 58.8 Å². The van der Waals surface area contributed by atoms with Gasteiger partial charge in [0.05, 0.1) is 18.8 Å². The summed E-state index contributed by atoms with van der Waals surface area (Å²) < 4.78 is 5.65. The van der Waals surface area contributed by atoms with Crippen LogP contribution in [0.1, 0.15) is 27.7 Å². The summed E-state index contributed by atoms with van der Waals surface area (Å²) in [6.45, 7) is 11.5. The lowest BCUT2D eigenvalue weighted by Crippen LogP contribution is -2.51. The van der Waals surface area contributed by atoms with Crippen molar-refractivity contribution in [2.45, 2.75) is 39.9 Å². The van der Waals surface area contributed by atoms with Crippen LogP contribution in [0.3, 0.4) is 0 Å². The molecule has 112 valence electrons. The minimum absolute atomic E-state index is 0.0423. The molecule has 0 bridgehead atoms. The molecule has 1 heterocycles. The standard InChI is InChI=1S/C14H29N3O2/c1-11-6-17(7-12(2)19-11)13(18)8-16(5)10-14(3,4)9-15/h11-12H,6-10,15H2,1-5H3. The van der Waals surface area contributed by atoms with E-state index in [1.807, 2.05) is 25.8 Å². The maximum absolute atomic E-state index is 12.3. The number of hydrogen-bond donors (Lipinski definition) is 1. The van der Waals surface area contributed by atoms with Crippen LogP contribution < -0.4 is 5.73 Å². The van der Waals surface area contributed by atoms with Crippen LogP contribution in [-0.4, -0.2) is 67.7 Å². The van der Waals surface area contributed by atoms with Gasteiger partial charge in [0.15, 0.2) is 0 Å². The van der Waals surface area contributed by atoms with Crippen LogP contribution >= 0.6 is 0 Å². The second-order valence-electron chi connectivity index (χ2n) is 6.60. The third-order valence-electron chi connectivity index (χ3n) is 3.43. The fourth-order valence-corrected chi connectivity index (χ4v) is 2.56. The highest BCUT2D eigenvalue weighted by molar-refractivity contribution is 5.78. The number of nitrogens with two attached hydrogens (primary N) is 1. The van der Waals surface area contributed by atoms with Crippen molar-refractivity contribution in [1.29, 1.82) is 0 Å². The molecule has 5 heteroatoms. The van der Waals surface area contributed by atoms with E-state index in [0.29, 0.717) is 26.2 Å². The summed E-state index contributed by atoms with van der Waals surface area (Å²) in [7, 11) is 1.97. The first-order valence-corrected chi connectivity index (χ1v) is 7.05. The Morgan fingerprint density at radius 2 is 1.89 bits per heavy atom. The fraction of sp³-hybridized carbons (Fsp3) is 0.929. The van der Waals surface area contributed by atoms with E-state index in [0.717, 1.165) is 6.54 Å². The van der Waals surface area contributed by atoms with Crippen LogP contribution in [0.25, 0.3) is 0 Å². The predicted octanol–water partition coefficient (Wildman–Crippen LogP) is 0.539. The summed E-state index contributed by atoms with van der Waals surface area (Å²) in [4.78, 5) is 16.2. The molecule has 0 aromatic carbocycles. The van der Waals surface area contributed by atoms with E-state index in [4.69, 9.17) is 10.5 Å². The van der Waals surface area contributed by atoms with E-state index in [-0.39, 0.29) is 23.5 Å². The minimum Gasteiger partial charge on any atom is -0.372 e. The summed E-state index contributed by atoms with van der Waals surface area (Å²) in [5.74, 6) is 0.178. The summed E-state index contributed by atoms with van der Waals surface area (Å²) in [6.07, 6.45) is 0.247. The van der Waals surface area contributed by atoms with Crippen molar-refractivity contribution in [3.63, 3.8) is 0 Å². The van der Waals surface area contributed by atoms with Gasteiger partial charge >= 0.3 is 0 Å². The molecule has 0 aromatic rings. The number of morpholine rings is 1. The van der Waals surface area contributed by atoms with Gasteiger partial charge in [0.2, 0.25) is 5.91 Å². The SMILES string of the molecule is CC1CN(C(=O)CN(C)CC(C)(C)CN)CC(C)O1. The number of amides is 1. The quantitative estimate of drug-likeness (QED) is 0.793. The number of hydrogen-bond acceptors (Lipinski definition) is 4. The lowest BCUT2D eigenvalue weighted by atomic mass is 9.93. The van der Waals surface area contributed by atoms with Crippen molar-refractivity contribution >= 4 is 5.91 Å². The van der Waals surface area contributed by atoms with Gasteiger partial charge in [-0.3, -0.25) is 9.69 Å². The number of likely N-dealkylation sites (N-methyl/N-ethyl adjacent to an activating group) is 1. The van der Waals surface area contributed by atoms with Gasteiger partial charge in [-0.2, -0.15) is 0 Å². The average Bonchev–Trinajstić information content (AvgIpc) is 2.26.